The van der Waals surface area contributed by atoms with Gasteiger partial charge in [-0.25, -0.2) is 4.79 Å². The van der Waals surface area contributed by atoms with Gasteiger partial charge in [0.1, 0.15) is 0 Å². The molecule has 2 rings (SSSR count). The van der Waals surface area contributed by atoms with E-state index in [2.05, 4.69) is 14.7 Å². The number of aromatic nitrogens is 2. The summed E-state index contributed by atoms with van der Waals surface area (Å²) in [5.41, 5.74) is -2.73. The Morgan fingerprint density at radius 1 is 1.14 bits per heavy atom. The third kappa shape index (κ3) is 4.63. The number of ether oxygens (including phenoxy) is 1. The van der Waals surface area contributed by atoms with E-state index in [1.165, 1.54) is 24.7 Å². The van der Waals surface area contributed by atoms with Crippen molar-refractivity contribution in [3.63, 3.8) is 0 Å². The van der Waals surface area contributed by atoms with Crippen molar-refractivity contribution in [2.24, 2.45) is 0 Å². The molecule has 10 heteroatoms. The van der Waals surface area contributed by atoms with E-state index < -0.39 is 23.7 Å². The fraction of sp³-hybridized carbons (Fsp3) is 0.333. The van der Waals surface area contributed by atoms with Gasteiger partial charge >= 0.3 is 12.1 Å². The van der Waals surface area contributed by atoms with Crippen molar-refractivity contribution in [1.29, 1.82) is 0 Å². The molecule has 0 aliphatic carbocycles. The molecule has 0 aromatic carbocycles. The number of alkyl halides is 3. The van der Waals surface area contributed by atoms with Gasteiger partial charge in [0.25, 0.3) is 5.66 Å². The summed E-state index contributed by atoms with van der Waals surface area (Å²) in [5, 5.41) is 1.76. The van der Waals surface area contributed by atoms with Gasteiger partial charge in [-0.3, -0.25) is 19.7 Å². The maximum Gasteiger partial charge on any atom is 0.436 e. The molecule has 1 atom stereocenters. The number of rotatable bonds is 7. The summed E-state index contributed by atoms with van der Waals surface area (Å²) in [4.78, 5) is 32.7. The lowest BCUT2D eigenvalue weighted by Crippen LogP contribution is -2.72. The first-order valence-electron chi connectivity index (χ1n) is 8.18. The van der Waals surface area contributed by atoms with Crippen LogP contribution in [0.5, 0.6) is 0 Å². The Hall–Kier alpha value is -3.01. The summed E-state index contributed by atoms with van der Waals surface area (Å²) in [6.07, 6.45) is -0.915. The van der Waals surface area contributed by atoms with E-state index in [-0.39, 0.29) is 18.8 Å². The number of nitrogens with one attached hydrogen (secondary N) is 1. The van der Waals surface area contributed by atoms with Crippen LogP contribution in [-0.2, 0) is 27.4 Å². The van der Waals surface area contributed by atoms with Gasteiger partial charge in [0.05, 0.1) is 12.8 Å². The topological polar surface area (TPSA) is 84.4 Å². The van der Waals surface area contributed by atoms with Gasteiger partial charge in [-0.15, -0.1) is 0 Å². The number of halogens is 3. The number of hydrogen-bond acceptors (Lipinski definition) is 6. The second-order valence-electron chi connectivity index (χ2n) is 5.92. The lowest BCUT2D eigenvalue weighted by atomic mass is 10.0. The van der Waals surface area contributed by atoms with Crippen LogP contribution >= 0.6 is 0 Å². The van der Waals surface area contributed by atoms with E-state index in [1.54, 1.807) is 29.6 Å². The molecule has 150 valence electrons. The molecule has 1 N–H and O–H groups in total. The van der Waals surface area contributed by atoms with Crippen LogP contribution < -0.4 is 5.32 Å². The highest BCUT2D eigenvalue weighted by molar-refractivity contribution is 5.87. The first-order chi connectivity index (χ1) is 13.2. The number of esters is 1. The third-order valence-corrected chi connectivity index (χ3v) is 3.90. The molecule has 0 bridgehead atoms. The summed E-state index contributed by atoms with van der Waals surface area (Å²) in [5.74, 6) is -2.70. The Labute approximate surface area is 159 Å². The molecule has 2 aromatic heterocycles. The summed E-state index contributed by atoms with van der Waals surface area (Å²) >= 11 is 0. The largest absolute Gasteiger partial charge is 0.466 e. The van der Waals surface area contributed by atoms with Crippen molar-refractivity contribution in [3.8, 4) is 0 Å². The van der Waals surface area contributed by atoms with E-state index >= 15 is 0 Å². The molecule has 1 unspecified atom stereocenters. The fourth-order valence-electron chi connectivity index (χ4n) is 2.72. The summed E-state index contributed by atoms with van der Waals surface area (Å²) < 4.78 is 47.2. The van der Waals surface area contributed by atoms with Crippen LogP contribution in [0.3, 0.4) is 0 Å². The lowest BCUT2D eigenvalue weighted by Gasteiger charge is -2.42. The number of nitrogens with zero attached hydrogens (tertiary/aromatic N) is 3. The van der Waals surface area contributed by atoms with E-state index in [0.29, 0.717) is 5.56 Å². The second-order valence-corrected chi connectivity index (χ2v) is 5.92. The maximum atomic E-state index is 14.2. The molecule has 0 saturated heterocycles. The predicted molar refractivity (Wildman–Crippen MR) is 92.3 cm³/mol. The van der Waals surface area contributed by atoms with Gasteiger partial charge < -0.3 is 10.1 Å². The zero-order valence-electron chi connectivity index (χ0n) is 15.2. The Morgan fingerprint density at radius 3 is 2.39 bits per heavy atom. The lowest BCUT2D eigenvalue weighted by molar-refractivity contribution is -0.252. The molecule has 0 saturated carbocycles. The highest BCUT2D eigenvalue weighted by Gasteiger charge is 2.66. The maximum absolute atomic E-state index is 14.2. The molecule has 28 heavy (non-hydrogen) atoms. The van der Waals surface area contributed by atoms with Crippen LogP contribution in [0.25, 0.3) is 0 Å². The first-order valence-corrected chi connectivity index (χ1v) is 8.18. The minimum atomic E-state index is -5.18. The SMILES string of the molecule is COC(=O)C(NC(C)=O)(N(Cc1cccnc1)Cc1ccccn1)C(F)(F)F. The van der Waals surface area contributed by atoms with Crippen molar-refractivity contribution in [2.75, 3.05) is 7.11 Å². The number of methoxy groups -OCH3 is 1. The van der Waals surface area contributed by atoms with Crippen LogP contribution in [0.15, 0.2) is 48.9 Å². The molecule has 2 heterocycles. The minimum Gasteiger partial charge on any atom is -0.466 e. The summed E-state index contributed by atoms with van der Waals surface area (Å²) in [6, 6.07) is 7.85. The summed E-state index contributed by atoms with van der Waals surface area (Å²) in [7, 11) is 0.827. The highest BCUT2D eigenvalue weighted by atomic mass is 19.4. The molecule has 0 radical (unpaired) electrons. The Morgan fingerprint density at radius 2 is 1.89 bits per heavy atom. The predicted octanol–water partition coefficient (Wildman–Crippen LogP) is 2.05. The average molecular weight is 396 g/mol. The van der Waals surface area contributed by atoms with Crippen molar-refractivity contribution >= 4 is 11.9 Å². The van der Waals surface area contributed by atoms with Crippen LogP contribution in [0.1, 0.15) is 18.2 Å². The van der Waals surface area contributed by atoms with E-state index in [4.69, 9.17) is 0 Å². The van der Waals surface area contributed by atoms with Gasteiger partial charge in [-0.05, 0) is 23.8 Å². The number of pyridine rings is 2. The van der Waals surface area contributed by atoms with Gasteiger partial charge in [-0.2, -0.15) is 13.2 Å². The third-order valence-electron chi connectivity index (χ3n) is 3.90. The summed E-state index contributed by atoms with van der Waals surface area (Å²) in [6.45, 7) is 0.163. The Balaban J connectivity index is 2.61. The molecule has 0 aliphatic rings. The van der Waals surface area contributed by atoms with Gasteiger partial charge in [0.2, 0.25) is 5.91 Å². The number of carbonyl (C=O) groups is 2. The van der Waals surface area contributed by atoms with E-state index in [0.717, 1.165) is 18.9 Å². The molecule has 0 spiro atoms. The highest BCUT2D eigenvalue weighted by Crippen LogP contribution is 2.36. The van der Waals surface area contributed by atoms with Gasteiger partial charge in [-0.1, -0.05) is 12.1 Å². The van der Waals surface area contributed by atoms with E-state index in [9.17, 15) is 22.8 Å². The molecule has 0 fully saturated rings. The molecule has 2 aromatic rings. The standard InChI is InChI=1S/C18H19F3N4O3/c1-13(26)24-17(16(27)28-2,18(19,20)21)25(11-14-6-5-8-22-10-14)12-15-7-3-4-9-23-15/h3-10H,11-12H2,1-2H3,(H,24,26). The fourth-order valence-corrected chi connectivity index (χ4v) is 2.72. The van der Waals surface area contributed by atoms with E-state index in [1.807, 2.05) is 0 Å². The average Bonchev–Trinajstić information content (AvgIpc) is 2.65. The van der Waals surface area contributed by atoms with Crippen LogP contribution in [-0.4, -0.2) is 45.7 Å². The van der Waals surface area contributed by atoms with Crippen LogP contribution in [0.4, 0.5) is 13.2 Å². The zero-order chi connectivity index (χ0) is 20.8. The number of amides is 1. The van der Waals surface area contributed by atoms with Crippen LogP contribution in [0, 0.1) is 0 Å². The molecule has 0 aliphatic heterocycles. The van der Waals surface area contributed by atoms with Crippen molar-refractivity contribution in [2.45, 2.75) is 31.9 Å². The monoisotopic (exact) mass is 396 g/mol. The first kappa shape index (κ1) is 21.3. The molecular formula is C18H19F3N4O3. The Bertz CT molecular complexity index is 761. The number of hydrogen-bond donors (Lipinski definition) is 1. The van der Waals surface area contributed by atoms with Gasteiger partial charge in [0, 0.05) is 38.6 Å². The minimum absolute atomic E-state index is 0.272. The molecule has 1 amide bonds. The Kier molecular flexibility index (Phi) is 6.68. The smallest absolute Gasteiger partial charge is 0.436 e. The molecule has 7 nitrogen and oxygen atoms in total. The molecular weight excluding hydrogens is 377 g/mol. The normalized spacial score (nSPS) is 13.6. The quantitative estimate of drug-likeness (QED) is 0.570. The number of carbonyl (C=O) groups excluding carboxylic acids is 2. The van der Waals surface area contributed by atoms with Crippen molar-refractivity contribution in [1.82, 2.24) is 20.2 Å². The van der Waals surface area contributed by atoms with Crippen molar-refractivity contribution < 1.29 is 27.5 Å². The zero-order valence-corrected chi connectivity index (χ0v) is 15.2. The second kappa shape index (κ2) is 8.79. The van der Waals surface area contributed by atoms with Crippen molar-refractivity contribution in [3.05, 3.63) is 60.2 Å². The van der Waals surface area contributed by atoms with Gasteiger partial charge in [0.15, 0.2) is 0 Å². The van der Waals surface area contributed by atoms with Crippen LogP contribution in [0.2, 0.25) is 0 Å².